The Bertz CT molecular complexity index is 841. The lowest BCUT2D eigenvalue weighted by molar-refractivity contribution is 0.0697. The van der Waals surface area contributed by atoms with E-state index in [4.69, 9.17) is 16.7 Å². The molecule has 3 aromatic rings. The summed E-state index contributed by atoms with van der Waals surface area (Å²) in [5.41, 5.74) is 2.15. The minimum absolute atomic E-state index is 0.282. The van der Waals surface area contributed by atoms with E-state index < -0.39 is 5.97 Å². The maximum absolute atomic E-state index is 11.1. The third-order valence-electron chi connectivity index (χ3n) is 3.38. The van der Waals surface area contributed by atoms with Gasteiger partial charge in [0.1, 0.15) is 0 Å². The van der Waals surface area contributed by atoms with E-state index in [-0.39, 0.29) is 5.56 Å². The normalized spacial score (nSPS) is 11.0. The van der Waals surface area contributed by atoms with Crippen molar-refractivity contribution in [2.24, 2.45) is 0 Å². The number of carboxylic acid groups (broad SMARTS) is 1. The Morgan fingerprint density at radius 1 is 1.19 bits per heavy atom. The van der Waals surface area contributed by atoms with Gasteiger partial charge in [-0.2, -0.15) is 0 Å². The van der Waals surface area contributed by atoms with Crippen molar-refractivity contribution in [2.75, 3.05) is 0 Å². The van der Waals surface area contributed by atoms with E-state index >= 15 is 0 Å². The summed E-state index contributed by atoms with van der Waals surface area (Å²) in [6.45, 7) is 0.596. The smallest absolute Gasteiger partial charge is 0.335 e. The highest BCUT2D eigenvalue weighted by molar-refractivity contribution is 9.10. The van der Waals surface area contributed by atoms with Crippen LogP contribution in [0, 0.1) is 0 Å². The van der Waals surface area contributed by atoms with Crippen LogP contribution < -0.4 is 0 Å². The molecular formula is C16H11BrClNO2. The summed E-state index contributed by atoms with van der Waals surface area (Å²) in [5, 5.41) is 10.8. The molecule has 2 aromatic carbocycles. The van der Waals surface area contributed by atoms with Crippen LogP contribution in [0.2, 0.25) is 5.02 Å². The van der Waals surface area contributed by atoms with E-state index in [1.807, 2.05) is 41.1 Å². The molecule has 0 aliphatic carbocycles. The minimum Gasteiger partial charge on any atom is -0.478 e. The topological polar surface area (TPSA) is 42.2 Å². The Balaban J connectivity index is 2.04. The highest BCUT2D eigenvalue weighted by Gasteiger charge is 2.08. The minimum atomic E-state index is -0.925. The Hall–Kier alpha value is -1.78. The average molecular weight is 365 g/mol. The lowest BCUT2D eigenvalue weighted by Gasteiger charge is -2.08. The lowest BCUT2D eigenvalue weighted by Crippen LogP contribution is -2.00. The summed E-state index contributed by atoms with van der Waals surface area (Å²) in [7, 11) is 0. The number of halogens is 2. The van der Waals surface area contributed by atoms with E-state index in [0.717, 1.165) is 20.9 Å². The third kappa shape index (κ3) is 2.82. The number of benzene rings is 2. The first-order valence-electron chi connectivity index (χ1n) is 6.31. The first kappa shape index (κ1) is 14.2. The quantitative estimate of drug-likeness (QED) is 0.725. The molecule has 0 aliphatic heterocycles. The molecule has 0 fully saturated rings. The zero-order valence-corrected chi connectivity index (χ0v) is 13.2. The molecule has 3 nitrogen and oxygen atoms in total. The number of aromatic nitrogens is 1. The summed E-state index contributed by atoms with van der Waals surface area (Å²) in [5.74, 6) is -0.925. The maximum atomic E-state index is 11.1. The van der Waals surface area contributed by atoms with Crippen molar-refractivity contribution in [3.63, 3.8) is 0 Å². The molecule has 0 unspecified atom stereocenters. The number of aromatic carboxylic acids is 1. The van der Waals surface area contributed by atoms with Crippen LogP contribution in [0.1, 0.15) is 15.9 Å². The number of nitrogens with zero attached hydrogens (tertiary/aromatic N) is 1. The van der Waals surface area contributed by atoms with Crippen LogP contribution in [0.15, 0.2) is 53.1 Å². The van der Waals surface area contributed by atoms with Crippen LogP contribution in [0.5, 0.6) is 0 Å². The Morgan fingerprint density at radius 3 is 2.71 bits per heavy atom. The van der Waals surface area contributed by atoms with E-state index in [0.29, 0.717) is 11.6 Å². The Morgan fingerprint density at radius 2 is 2.00 bits per heavy atom. The van der Waals surface area contributed by atoms with Gasteiger partial charge in [0.15, 0.2) is 0 Å². The van der Waals surface area contributed by atoms with Gasteiger partial charge >= 0.3 is 5.97 Å². The molecule has 1 N–H and O–H groups in total. The molecule has 21 heavy (non-hydrogen) atoms. The van der Waals surface area contributed by atoms with Crippen LogP contribution in [-0.4, -0.2) is 15.6 Å². The fourth-order valence-corrected chi connectivity index (χ4v) is 3.02. The van der Waals surface area contributed by atoms with Crippen molar-refractivity contribution in [3.8, 4) is 0 Å². The van der Waals surface area contributed by atoms with Gasteiger partial charge in [-0.3, -0.25) is 0 Å². The first-order valence-corrected chi connectivity index (χ1v) is 7.48. The molecule has 106 valence electrons. The molecule has 0 spiro atoms. The van der Waals surface area contributed by atoms with Gasteiger partial charge in [0.2, 0.25) is 0 Å². The predicted octanol–water partition coefficient (Wildman–Crippen LogP) is 4.80. The lowest BCUT2D eigenvalue weighted by atomic mass is 10.1. The van der Waals surface area contributed by atoms with Crippen molar-refractivity contribution >= 4 is 44.4 Å². The molecule has 1 heterocycles. The summed E-state index contributed by atoms with van der Waals surface area (Å²) in [4.78, 5) is 11.1. The van der Waals surface area contributed by atoms with Crippen LogP contribution >= 0.6 is 27.5 Å². The zero-order valence-electron chi connectivity index (χ0n) is 10.9. The van der Waals surface area contributed by atoms with Crippen LogP contribution in [0.3, 0.4) is 0 Å². The molecule has 0 saturated heterocycles. The van der Waals surface area contributed by atoms with Gasteiger partial charge in [-0.25, -0.2) is 4.79 Å². The van der Waals surface area contributed by atoms with Crippen LogP contribution in [0.4, 0.5) is 0 Å². The fraction of sp³-hybridized carbons (Fsp3) is 0.0625. The van der Waals surface area contributed by atoms with E-state index in [1.54, 1.807) is 12.1 Å². The predicted molar refractivity (Wildman–Crippen MR) is 87.2 cm³/mol. The van der Waals surface area contributed by atoms with E-state index in [2.05, 4.69) is 15.9 Å². The van der Waals surface area contributed by atoms with Gasteiger partial charge in [0, 0.05) is 27.8 Å². The van der Waals surface area contributed by atoms with Crippen LogP contribution in [-0.2, 0) is 6.54 Å². The van der Waals surface area contributed by atoms with Gasteiger partial charge in [0.05, 0.1) is 5.56 Å². The SMILES string of the molecule is O=C(O)c1ccc2ccn(Cc3ccc(Br)cc3Cl)c2c1. The largest absolute Gasteiger partial charge is 0.478 e. The first-order chi connectivity index (χ1) is 10.0. The second kappa shape index (κ2) is 5.54. The van der Waals surface area contributed by atoms with E-state index in [9.17, 15) is 4.79 Å². The standard InChI is InChI=1S/C16H11BrClNO2/c17-13-4-3-12(14(18)8-13)9-19-6-5-10-1-2-11(16(20)21)7-15(10)19/h1-8H,9H2,(H,20,21). The summed E-state index contributed by atoms with van der Waals surface area (Å²) < 4.78 is 2.93. The van der Waals surface area contributed by atoms with Crippen molar-refractivity contribution in [1.29, 1.82) is 0 Å². The Labute approximate surface area is 134 Å². The van der Waals surface area contributed by atoms with Crippen molar-refractivity contribution in [3.05, 3.63) is 69.3 Å². The van der Waals surface area contributed by atoms with Crippen molar-refractivity contribution in [2.45, 2.75) is 6.54 Å². The van der Waals surface area contributed by atoms with Crippen LogP contribution in [0.25, 0.3) is 10.9 Å². The summed E-state index contributed by atoms with van der Waals surface area (Å²) >= 11 is 9.62. The number of fused-ring (bicyclic) bond motifs is 1. The Kier molecular flexibility index (Phi) is 3.74. The number of carbonyl (C=O) groups is 1. The summed E-state index contributed by atoms with van der Waals surface area (Å²) in [6, 6.07) is 12.8. The van der Waals surface area contributed by atoms with Gasteiger partial charge in [-0.05, 0) is 41.3 Å². The van der Waals surface area contributed by atoms with E-state index in [1.165, 1.54) is 0 Å². The monoisotopic (exact) mass is 363 g/mol. The van der Waals surface area contributed by atoms with Gasteiger partial charge in [-0.15, -0.1) is 0 Å². The molecule has 0 amide bonds. The number of hydrogen-bond acceptors (Lipinski definition) is 1. The van der Waals surface area contributed by atoms with Gasteiger partial charge < -0.3 is 9.67 Å². The third-order valence-corrected chi connectivity index (χ3v) is 4.22. The fourth-order valence-electron chi connectivity index (χ4n) is 2.29. The van der Waals surface area contributed by atoms with Crippen molar-refractivity contribution in [1.82, 2.24) is 4.57 Å². The second-order valence-electron chi connectivity index (χ2n) is 4.76. The van der Waals surface area contributed by atoms with Gasteiger partial charge in [0.25, 0.3) is 0 Å². The molecule has 0 radical (unpaired) electrons. The van der Waals surface area contributed by atoms with Crippen molar-refractivity contribution < 1.29 is 9.90 Å². The number of hydrogen-bond donors (Lipinski definition) is 1. The molecule has 0 aliphatic rings. The number of rotatable bonds is 3. The molecule has 0 saturated carbocycles. The van der Waals surface area contributed by atoms with Gasteiger partial charge in [-0.1, -0.05) is 39.7 Å². The molecule has 3 rings (SSSR count). The molecular weight excluding hydrogens is 354 g/mol. The summed E-state index contributed by atoms with van der Waals surface area (Å²) in [6.07, 6.45) is 1.94. The average Bonchev–Trinajstić information content (AvgIpc) is 2.84. The number of carboxylic acids is 1. The highest BCUT2D eigenvalue weighted by atomic mass is 79.9. The second-order valence-corrected chi connectivity index (χ2v) is 6.08. The molecule has 5 heteroatoms. The zero-order chi connectivity index (χ0) is 15.0. The molecule has 1 aromatic heterocycles. The maximum Gasteiger partial charge on any atom is 0.335 e. The molecule has 0 bridgehead atoms. The molecule has 0 atom stereocenters. The highest BCUT2D eigenvalue weighted by Crippen LogP contribution is 2.24.